The molecule has 0 amide bonds. The van der Waals surface area contributed by atoms with Crippen molar-refractivity contribution in [3.8, 4) is 5.75 Å². The molecule has 0 saturated carbocycles. The van der Waals surface area contributed by atoms with Crippen molar-refractivity contribution in [1.82, 2.24) is 24.0 Å². The van der Waals surface area contributed by atoms with Gasteiger partial charge >= 0.3 is 0 Å². The van der Waals surface area contributed by atoms with Gasteiger partial charge in [-0.25, -0.2) is 36.2 Å². The predicted molar refractivity (Wildman–Crippen MR) is 152 cm³/mol. The fraction of sp³-hybridized carbons (Fsp3) is 0.600. The summed E-state index contributed by atoms with van der Waals surface area (Å²) in [5, 5.41) is 0.948. The standard InChI is InChI=1S/C25H40N6O5S2/c1-4-11-22-30-23-24(31(22)16-9-8-15-28-38(3,34)35)20-13-12-19(18-21(20)29-25(23)26)36-17-10-6-5-7-14-27-37(2,32)33/h12-13,18,27-28H,4-11,14-17H2,1-3H3,(H2,26,29). The molecule has 0 aliphatic carbocycles. The van der Waals surface area contributed by atoms with Crippen molar-refractivity contribution in [2.45, 2.75) is 64.8 Å². The number of anilines is 1. The van der Waals surface area contributed by atoms with Crippen LogP contribution in [0.3, 0.4) is 0 Å². The van der Waals surface area contributed by atoms with Gasteiger partial charge in [0.05, 0.1) is 30.2 Å². The average molecular weight is 569 g/mol. The molecule has 0 radical (unpaired) electrons. The molecule has 11 nitrogen and oxygen atoms in total. The lowest BCUT2D eigenvalue weighted by Crippen LogP contribution is -2.23. The molecule has 0 bridgehead atoms. The molecule has 38 heavy (non-hydrogen) atoms. The fourth-order valence-electron chi connectivity index (χ4n) is 4.36. The van der Waals surface area contributed by atoms with E-state index in [2.05, 4.69) is 25.9 Å². The number of ether oxygens (including phenoxy) is 1. The smallest absolute Gasteiger partial charge is 0.208 e. The Morgan fingerprint density at radius 3 is 2.24 bits per heavy atom. The number of sulfonamides is 2. The summed E-state index contributed by atoms with van der Waals surface area (Å²) >= 11 is 0. The number of nitrogens with one attached hydrogen (secondary N) is 2. The number of unbranched alkanes of at least 4 members (excludes halogenated alkanes) is 4. The van der Waals surface area contributed by atoms with Gasteiger partial charge < -0.3 is 15.0 Å². The normalized spacial score (nSPS) is 12.5. The van der Waals surface area contributed by atoms with Crippen LogP contribution >= 0.6 is 0 Å². The number of hydrogen-bond acceptors (Lipinski definition) is 8. The van der Waals surface area contributed by atoms with E-state index in [-0.39, 0.29) is 0 Å². The van der Waals surface area contributed by atoms with Crippen LogP contribution in [-0.2, 0) is 33.0 Å². The molecular weight excluding hydrogens is 528 g/mol. The van der Waals surface area contributed by atoms with Crippen LogP contribution in [0.2, 0.25) is 0 Å². The molecular formula is C25H40N6O5S2. The summed E-state index contributed by atoms with van der Waals surface area (Å²) in [6, 6.07) is 5.83. The van der Waals surface area contributed by atoms with Crippen molar-refractivity contribution in [3.05, 3.63) is 24.0 Å². The minimum atomic E-state index is -3.20. The van der Waals surface area contributed by atoms with Crippen LogP contribution in [0.1, 0.15) is 57.7 Å². The first-order chi connectivity index (χ1) is 18.0. The zero-order valence-corrected chi connectivity index (χ0v) is 24.1. The number of pyridine rings is 1. The molecule has 212 valence electrons. The Morgan fingerprint density at radius 2 is 1.58 bits per heavy atom. The first-order valence-electron chi connectivity index (χ1n) is 13.1. The van der Waals surface area contributed by atoms with E-state index < -0.39 is 20.0 Å². The molecule has 0 unspecified atom stereocenters. The van der Waals surface area contributed by atoms with Gasteiger partial charge in [-0.1, -0.05) is 19.8 Å². The molecule has 0 spiro atoms. The van der Waals surface area contributed by atoms with E-state index in [1.54, 1.807) is 0 Å². The van der Waals surface area contributed by atoms with E-state index in [1.807, 2.05) is 18.2 Å². The third-order valence-corrected chi connectivity index (χ3v) is 7.56. The number of nitrogens with two attached hydrogens (primary N) is 1. The number of nitrogen functional groups attached to an aromatic ring is 1. The molecule has 13 heteroatoms. The largest absolute Gasteiger partial charge is 0.494 e. The second-order valence-electron chi connectivity index (χ2n) is 9.61. The van der Waals surface area contributed by atoms with E-state index in [0.717, 1.165) is 73.4 Å². The van der Waals surface area contributed by atoms with Crippen LogP contribution in [0, 0.1) is 0 Å². The van der Waals surface area contributed by atoms with E-state index in [4.69, 9.17) is 15.5 Å². The van der Waals surface area contributed by atoms with Crippen LogP contribution in [0.25, 0.3) is 21.9 Å². The molecule has 4 N–H and O–H groups in total. The first kappa shape index (κ1) is 30.1. The van der Waals surface area contributed by atoms with Crippen molar-refractivity contribution in [1.29, 1.82) is 0 Å². The number of benzene rings is 1. The summed E-state index contributed by atoms with van der Waals surface area (Å²) < 4.78 is 58.0. The molecule has 2 heterocycles. The molecule has 3 aromatic rings. The Labute approximate surface area is 225 Å². The highest BCUT2D eigenvalue weighted by atomic mass is 32.2. The Balaban J connectivity index is 1.68. The minimum absolute atomic E-state index is 0.377. The van der Waals surface area contributed by atoms with Crippen molar-refractivity contribution in [2.24, 2.45) is 0 Å². The summed E-state index contributed by atoms with van der Waals surface area (Å²) in [6.07, 6.45) is 9.12. The van der Waals surface area contributed by atoms with Crippen LogP contribution in [0.15, 0.2) is 18.2 Å². The lowest BCUT2D eigenvalue weighted by molar-refractivity contribution is 0.305. The van der Waals surface area contributed by atoms with Gasteiger partial charge in [0.2, 0.25) is 20.0 Å². The second kappa shape index (κ2) is 13.5. The minimum Gasteiger partial charge on any atom is -0.494 e. The monoisotopic (exact) mass is 568 g/mol. The highest BCUT2D eigenvalue weighted by Gasteiger charge is 2.17. The summed E-state index contributed by atoms with van der Waals surface area (Å²) in [5.41, 5.74) is 8.71. The van der Waals surface area contributed by atoms with Crippen LogP contribution in [0.5, 0.6) is 5.75 Å². The summed E-state index contributed by atoms with van der Waals surface area (Å²) in [6.45, 7) is 4.23. The van der Waals surface area contributed by atoms with Gasteiger partial charge in [-0.15, -0.1) is 0 Å². The number of nitrogens with zero attached hydrogens (tertiary/aromatic N) is 3. The Morgan fingerprint density at radius 1 is 0.921 bits per heavy atom. The third kappa shape index (κ3) is 9.07. The van der Waals surface area contributed by atoms with Crippen LogP contribution in [0.4, 0.5) is 5.82 Å². The SMILES string of the molecule is CCCc1nc2c(N)nc3cc(OCCCCCCNS(C)(=O)=O)ccc3c2n1CCCCNS(C)(=O)=O. The highest BCUT2D eigenvalue weighted by Crippen LogP contribution is 2.31. The zero-order valence-electron chi connectivity index (χ0n) is 22.5. The second-order valence-corrected chi connectivity index (χ2v) is 13.3. The predicted octanol–water partition coefficient (Wildman–Crippen LogP) is 2.94. The molecule has 0 atom stereocenters. The van der Waals surface area contributed by atoms with Gasteiger partial charge in [-0.05, 0) is 44.2 Å². The maximum Gasteiger partial charge on any atom is 0.208 e. The zero-order chi connectivity index (χ0) is 27.8. The third-order valence-electron chi connectivity index (χ3n) is 6.10. The van der Waals surface area contributed by atoms with Gasteiger partial charge in [0.15, 0.2) is 5.82 Å². The Bertz CT molecular complexity index is 1440. The van der Waals surface area contributed by atoms with Gasteiger partial charge in [-0.2, -0.15) is 0 Å². The van der Waals surface area contributed by atoms with Crippen molar-refractivity contribution in [2.75, 3.05) is 37.9 Å². The quantitative estimate of drug-likeness (QED) is 0.210. The van der Waals surface area contributed by atoms with Gasteiger partial charge in [0, 0.05) is 37.5 Å². The summed E-state index contributed by atoms with van der Waals surface area (Å²) in [4.78, 5) is 9.42. The maximum absolute atomic E-state index is 11.3. The average Bonchev–Trinajstić information content (AvgIpc) is 3.18. The van der Waals surface area contributed by atoms with E-state index >= 15 is 0 Å². The van der Waals surface area contributed by atoms with Crippen molar-refractivity contribution < 1.29 is 21.6 Å². The molecule has 0 aliphatic heterocycles. The summed E-state index contributed by atoms with van der Waals surface area (Å²) in [7, 11) is -6.32. The van der Waals surface area contributed by atoms with Crippen LogP contribution in [-0.4, -0.2) is 63.6 Å². The number of aromatic nitrogens is 3. The van der Waals surface area contributed by atoms with E-state index in [1.165, 1.54) is 6.26 Å². The van der Waals surface area contributed by atoms with Gasteiger partial charge in [0.25, 0.3) is 0 Å². The molecule has 3 rings (SSSR count). The van der Waals surface area contributed by atoms with Gasteiger partial charge in [0.1, 0.15) is 17.1 Å². The Kier molecular flexibility index (Phi) is 10.7. The topological polar surface area (TPSA) is 158 Å². The summed E-state index contributed by atoms with van der Waals surface area (Å²) in [5.74, 6) is 2.04. The fourth-order valence-corrected chi connectivity index (χ4v) is 5.39. The molecule has 2 aromatic heterocycles. The number of hydrogen-bond donors (Lipinski definition) is 3. The van der Waals surface area contributed by atoms with E-state index in [9.17, 15) is 16.8 Å². The molecule has 0 fully saturated rings. The van der Waals surface area contributed by atoms with Crippen LogP contribution < -0.4 is 19.9 Å². The molecule has 0 saturated heterocycles. The van der Waals surface area contributed by atoms with Crippen molar-refractivity contribution in [3.63, 3.8) is 0 Å². The number of fused-ring (bicyclic) bond motifs is 3. The number of aryl methyl sites for hydroxylation is 2. The lowest BCUT2D eigenvalue weighted by Gasteiger charge is -2.12. The van der Waals surface area contributed by atoms with Crippen molar-refractivity contribution >= 4 is 47.8 Å². The first-order valence-corrected chi connectivity index (χ1v) is 16.9. The molecule has 1 aromatic carbocycles. The number of imidazole rings is 1. The van der Waals surface area contributed by atoms with E-state index in [0.29, 0.717) is 49.7 Å². The Hall–Kier alpha value is -2.48. The lowest BCUT2D eigenvalue weighted by atomic mass is 10.1. The number of rotatable bonds is 17. The molecule has 0 aliphatic rings. The highest BCUT2D eigenvalue weighted by molar-refractivity contribution is 7.89. The van der Waals surface area contributed by atoms with Gasteiger partial charge in [-0.3, -0.25) is 0 Å². The maximum atomic E-state index is 11.3.